The highest BCUT2D eigenvalue weighted by Gasteiger charge is 2.23. The third-order valence-corrected chi connectivity index (χ3v) is 5.06. The lowest BCUT2D eigenvalue weighted by atomic mass is 10.2. The summed E-state index contributed by atoms with van der Waals surface area (Å²) >= 11 is 1.75. The van der Waals surface area contributed by atoms with Crippen molar-refractivity contribution in [2.24, 2.45) is 0 Å². The number of carbonyl (C=O) groups excluding carboxylic acids is 1. The molecule has 3 rings (SSSR count). The number of aryl methyl sites for hydroxylation is 1. The fraction of sp³-hybridized carbons (Fsp3) is 0.444. The Balaban J connectivity index is 1.34. The summed E-state index contributed by atoms with van der Waals surface area (Å²) in [7, 11) is 1.76. The first kappa shape index (κ1) is 18.4. The molecule has 140 valence electrons. The quantitative estimate of drug-likeness (QED) is 0.726. The maximum absolute atomic E-state index is 12.2. The van der Waals surface area contributed by atoms with Gasteiger partial charge in [-0.25, -0.2) is 9.78 Å². The van der Waals surface area contributed by atoms with Gasteiger partial charge in [-0.05, 0) is 19.1 Å². The summed E-state index contributed by atoms with van der Waals surface area (Å²) in [6, 6.07) is 7.46. The van der Waals surface area contributed by atoms with Crippen molar-refractivity contribution in [3.8, 4) is 11.5 Å². The van der Waals surface area contributed by atoms with Crippen molar-refractivity contribution in [3.05, 3.63) is 42.0 Å². The lowest BCUT2D eigenvalue weighted by Gasteiger charge is -2.29. The molecule has 0 saturated carbocycles. The van der Waals surface area contributed by atoms with Gasteiger partial charge in [0.05, 0.1) is 18.6 Å². The molecular formula is C18H24N4O3S. The van der Waals surface area contributed by atoms with Gasteiger partial charge in [0.2, 0.25) is 0 Å². The van der Waals surface area contributed by atoms with Crippen LogP contribution in [0.4, 0.5) is 4.79 Å². The van der Waals surface area contributed by atoms with Crippen molar-refractivity contribution in [2.45, 2.75) is 18.8 Å². The number of para-hydroxylation sites is 2. The molecule has 1 aromatic heterocycles. The van der Waals surface area contributed by atoms with E-state index < -0.39 is 0 Å². The third kappa shape index (κ3) is 4.85. The summed E-state index contributed by atoms with van der Waals surface area (Å²) in [5.74, 6) is 3.15. The molecule has 2 N–H and O–H groups in total. The minimum atomic E-state index is -0.169. The number of benzene rings is 1. The normalized spacial score (nSPS) is 15.5. The third-order valence-electron chi connectivity index (χ3n) is 4.09. The number of aromatic amines is 1. The summed E-state index contributed by atoms with van der Waals surface area (Å²) in [6.07, 6.45) is 1.54. The van der Waals surface area contributed by atoms with E-state index >= 15 is 0 Å². The molecule has 0 saturated heterocycles. The number of likely N-dealkylation sites (N-methyl/N-ethyl adjacent to an activating group) is 1. The molecule has 1 aromatic carbocycles. The first-order valence-electron chi connectivity index (χ1n) is 8.57. The van der Waals surface area contributed by atoms with E-state index in [1.54, 1.807) is 30.0 Å². The van der Waals surface area contributed by atoms with Gasteiger partial charge in [0.25, 0.3) is 0 Å². The van der Waals surface area contributed by atoms with Crippen molar-refractivity contribution < 1.29 is 14.3 Å². The van der Waals surface area contributed by atoms with Gasteiger partial charge in [-0.3, -0.25) is 0 Å². The predicted molar refractivity (Wildman–Crippen MR) is 102 cm³/mol. The molecule has 8 heteroatoms. The zero-order valence-electron chi connectivity index (χ0n) is 15.0. The van der Waals surface area contributed by atoms with Crippen molar-refractivity contribution in [1.29, 1.82) is 0 Å². The Kier molecular flexibility index (Phi) is 6.27. The SMILES string of the molecule is Cc1[nH]cnc1CSCCNC(=O)N(C)C[C@H]1COc2ccccc2O1. The molecule has 1 atom stereocenters. The average Bonchev–Trinajstić information content (AvgIpc) is 3.06. The molecule has 2 aromatic rings. The lowest BCUT2D eigenvalue weighted by Crippen LogP contribution is -2.45. The smallest absolute Gasteiger partial charge is 0.317 e. The maximum atomic E-state index is 12.2. The summed E-state index contributed by atoms with van der Waals surface area (Å²) < 4.78 is 11.6. The van der Waals surface area contributed by atoms with Crippen LogP contribution < -0.4 is 14.8 Å². The van der Waals surface area contributed by atoms with Gasteiger partial charge in [-0.15, -0.1) is 0 Å². The minimum absolute atomic E-state index is 0.107. The Bertz CT molecular complexity index is 737. The number of ether oxygens (including phenoxy) is 2. The molecule has 0 aliphatic carbocycles. The van der Waals surface area contributed by atoms with E-state index in [4.69, 9.17) is 9.47 Å². The van der Waals surface area contributed by atoms with Gasteiger partial charge in [0.1, 0.15) is 6.61 Å². The van der Waals surface area contributed by atoms with Crippen LogP contribution >= 0.6 is 11.8 Å². The number of amides is 2. The number of hydrogen-bond acceptors (Lipinski definition) is 5. The van der Waals surface area contributed by atoms with Crippen LogP contribution in [0.5, 0.6) is 11.5 Å². The Morgan fingerprint density at radius 1 is 1.42 bits per heavy atom. The number of H-pyrrole nitrogens is 1. The Labute approximate surface area is 157 Å². The largest absolute Gasteiger partial charge is 0.486 e. The van der Waals surface area contributed by atoms with E-state index in [2.05, 4.69) is 15.3 Å². The number of rotatable bonds is 7. The summed E-state index contributed by atoms with van der Waals surface area (Å²) in [4.78, 5) is 21.2. The van der Waals surface area contributed by atoms with Crippen LogP contribution in [0.2, 0.25) is 0 Å². The van der Waals surface area contributed by atoms with Crippen LogP contribution in [0, 0.1) is 6.92 Å². The highest BCUT2D eigenvalue weighted by atomic mass is 32.2. The lowest BCUT2D eigenvalue weighted by molar-refractivity contribution is 0.0716. The van der Waals surface area contributed by atoms with Crippen LogP contribution in [-0.2, 0) is 5.75 Å². The molecule has 0 radical (unpaired) electrons. The van der Waals surface area contributed by atoms with Gasteiger partial charge in [-0.2, -0.15) is 11.8 Å². The summed E-state index contributed by atoms with van der Waals surface area (Å²) in [5, 5.41) is 2.93. The fourth-order valence-corrected chi connectivity index (χ4v) is 3.48. The van der Waals surface area contributed by atoms with E-state index in [0.29, 0.717) is 19.7 Å². The Hall–Kier alpha value is -2.35. The van der Waals surface area contributed by atoms with E-state index in [-0.39, 0.29) is 12.1 Å². The van der Waals surface area contributed by atoms with Crippen LogP contribution in [0.15, 0.2) is 30.6 Å². The van der Waals surface area contributed by atoms with Gasteiger partial charge in [-0.1, -0.05) is 12.1 Å². The zero-order chi connectivity index (χ0) is 18.4. The monoisotopic (exact) mass is 376 g/mol. The number of hydrogen-bond donors (Lipinski definition) is 2. The molecule has 7 nitrogen and oxygen atoms in total. The number of nitrogens with zero attached hydrogens (tertiary/aromatic N) is 2. The molecular weight excluding hydrogens is 352 g/mol. The number of fused-ring (bicyclic) bond motifs is 1. The van der Waals surface area contributed by atoms with Crippen LogP contribution in [0.1, 0.15) is 11.4 Å². The Morgan fingerprint density at radius 2 is 2.23 bits per heavy atom. The number of carbonyl (C=O) groups is 1. The number of nitrogens with one attached hydrogen (secondary N) is 2. The standard InChI is InChI=1S/C18H24N4O3S/c1-13-15(21-12-20-13)11-26-8-7-19-18(23)22(2)9-14-10-24-16-5-3-4-6-17(16)25-14/h3-6,12,14H,7-11H2,1-2H3,(H,19,23)(H,20,21)/t14-/m0/s1. The van der Waals surface area contributed by atoms with E-state index in [1.807, 2.05) is 31.2 Å². The van der Waals surface area contributed by atoms with E-state index in [9.17, 15) is 4.79 Å². The van der Waals surface area contributed by atoms with Crippen molar-refractivity contribution in [2.75, 3.05) is 32.5 Å². The molecule has 1 aliphatic heterocycles. The number of imidazole rings is 1. The maximum Gasteiger partial charge on any atom is 0.317 e. The predicted octanol–water partition coefficient (Wildman–Crippen LogP) is 2.43. The zero-order valence-corrected chi connectivity index (χ0v) is 15.8. The number of aromatic nitrogens is 2. The summed E-state index contributed by atoms with van der Waals surface area (Å²) in [6.45, 7) is 3.53. The highest BCUT2D eigenvalue weighted by molar-refractivity contribution is 7.98. The van der Waals surface area contributed by atoms with Crippen molar-refractivity contribution >= 4 is 17.8 Å². The molecule has 0 unspecified atom stereocenters. The summed E-state index contributed by atoms with van der Waals surface area (Å²) in [5.41, 5.74) is 2.16. The van der Waals surface area contributed by atoms with E-state index in [0.717, 1.165) is 34.4 Å². The second-order valence-electron chi connectivity index (χ2n) is 6.14. The first-order chi connectivity index (χ1) is 12.6. The van der Waals surface area contributed by atoms with Gasteiger partial charge >= 0.3 is 6.03 Å². The fourth-order valence-electron chi connectivity index (χ4n) is 2.61. The molecule has 0 spiro atoms. The Morgan fingerprint density at radius 3 is 3.00 bits per heavy atom. The average molecular weight is 376 g/mol. The molecule has 0 fully saturated rings. The molecule has 1 aliphatic rings. The highest BCUT2D eigenvalue weighted by Crippen LogP contribution is 2.30. The molecule has 26 heavy (non-hydrogen) atoms. The minimum Gasteiger partial charge on any atom is -0.486 e. The molecule has 0 bridgehead atoms. The van der Waals surface area contributed by atoms with Gasteiger partial charge in [0.15, 0.2) is 17.6 Å². The molecule has 2 heterocycles. The van der Waals surface area contributed by atoms with Crippen molar-refractivity contribution in [1.82, 2.24) is 20.2 Å². The topological polar surface area (TPSA) is 79.5 Å². The second-order valence-corrected chi connectivity index (χ2v) is 7.24. The second kappa shape index (κ2) is 8.84. The first-order valence-corrected chi connectivity index (χ1v) is 9.73. The number of urea groups is 1. The van der Waals surface area contributed by atoms with Crippen LogP contribution in [0.3, 0.4) is 0 Å². The van der Waals surface area contributed by atoms with Crippen LogP contribution in [0.25, 0.3) is 0 Å². The number of thioether (sulfide) groups is 1. The molecule has 2 amide bonds. The van der Waals surface area contributed by atoms with Crippen LogP contribution in [-0.4, -0.2) is 59.5 Å². The van der Waals surface area contributed by atoms with E-state index in [1.165, 1.54) is 0 Å². The van der Waals surface area contributed by atoms with Gasteiger partial charge in [0, 0.05) is 30.8 Å². The van der Waals surface area contributed by atoms with Crippen molar-refractivity contribution in [3.63, 3.8) is 0 Å². The van der Waals surface area contributed by atoms with Gasteiger partial charge < -0.3 is 24.7 Å².